The smallest absolute Gasteiger partial charge is 0.253 e. The van der Waals surface area contributed by atoms with Crippen molar-refractivity contribution < 1.29 is 22.4 Å². The molecule has 0 aliphatic carbocycles. The molecule has 9 heteroatoms. The van der Waals surface area contributed by atoms with E-state index in [2.05, 4.69) is 10.6 Å². The van der Waals surface area contributed by atoms with Crippen LogP contribution in [0.1, 0.15) is 28.6 Å². The number of nitrogens with one attached hydrogen (secondary N) is 2. The molecule has 2 N–H and O–H groups in total. The van der Waals surface area contributed by atoms with Gasteiger partial charge in [0.1, 0.15) is 12.3 Å². The van der Waals surface area contributed by atoms with Gasteiger partial charge in [0.15, 0.2) is 0 Å². The first-order valence-corrected chi connectivity index (χ1v) is 11.9. The van der Waals surface area contributed by atoms with Crippen LogP contribution < -0.4 is 14.9 Å². The van der Waals surface area contributed by atoms with Gasteiger partial charge in [0.05, 0.1) is 36.0 Å². The number of para-hydroxylation sites is 1. The first-order chi connectivity index (χ1) is 15.3. The zero-order valence-electron chi connectivity index (χ0n) is 17.9. The number of rotatable bonds is 9. The highest BCUT2D eigenvalue weighted by Crippen LogP contribution is 2.20. The van der Waals surface area contributed by atoms with Gasteiger partial charge in [0, 0.05) is 0 Å². The molecule has 0 saturated carbocycles. The molecular formula is C23H25N3O5S. The predicted molar refractivity (Wildman–Crippen MR) is 123 cm³/mol. The van der Waals surface area contributed by atoms with Gasteiger partial charge in [-0.2, -0.15) is 0 Å². The lowest BCUT2D eigenvalue weighted by molar-refractivity contribution is -0.114. The molecule has 0 unspecified atom stereocenters. The maximum Gasteiger partial charge on any atom is 0.253 e. The molecule has 0 aliphatic heterocycles. The molecule has 8 nitrogen and oxygen atoms in total. The monoisotopic (exact) mass is 455 g/mol. The Balaban J connectivity index is 1.73. The number of benzene rings is 2. The zero-order valence-corrected chi connectivity index (χ0v) is 18.7. The highest BCUT2D eigenvalue weighted by molar-refractivity contribution is 7.92. The lowest BCUT2D eigenvalue weighted by Gasteiger charge is -2.22. The van der Waals surface area contributed by atoms with Crippen LogP contribution in [-0.2, 0) is 27.8 Å². The average Bonchev–Trinajstić information content (AvgIpc) is 3.29. The Morgan fingerprint density at radius 2 is 1.72 bits per heavy atom. The average molecular weight is 456 g/mol. The van der Waals surface area contributed by atoms with Crippen molar-refractivity contribution in [1.82, 2.24) is 5.32 Å². The van der Waals surface area contributed by atoms with E-state index in [-0.39, 0.29) is 17.8 Å². The highest BCUT2D eigenvalue weighted by atomic mass is 32.2. The van der Waals surface area contributed by atoms with Crippen LogP contribution in [0.25, 0.3) is 0 Å². The third kappa shape index (κ3) is 5.98. The Hall–Kier alpha value is -3.59. The molecule has 3 rings (SSSR count). The van der Waals surface area contributed by atoms with Crippen LogP contribution in [0.4, 0.5) is 11.4 Å². The summed E-state index contributed by atoms with van der Waals surface area (Å²) in [5, 5.41) is 5.38. The molecule has 1 heterocycles. The van der Waals surface area contributed by atoms with E-state index in [0.29, 0.717) is 11.4 Å². The van der Waals surface area contributed by atoms with Crippen molar-refractivity contribution in [2.45, 2.75) is 19.9 Å². The van der Waals surface area contributed by atoms with E-state index in [9.17, 15) is 18.0 Å². The van der Waals surface area contributed by atoms with Gasteiger partial charge < -0.3 is 15.1 Å². The van der Waals surface area contributed by atoms with E-state index < -0.39 is 28.4 Å². The number of furan rings is 1. The Kier molecular flexibility index (Phi) is 7.32. The molecule has 1 aromatic heterocycles. The van der Waals surface area contributed by atoms with E-state index in [4.69, 9.17) is 4.42 Å². The fourth-order valence-corrected chi connectivity index (χ4v) is 3.94. The summed E-state index contributed by atoms with van der Waals surface area (Å²) in [4.78, 5) is 25.3. The van der Waals surface area contributed by atoms with Crippen molar-refractivity contribution in [2.75, 3.05) is 22.4 Å². The van der Waals surface area contributed by atoms with Crippen LogP contribution >= 0.6 is 0 Å². The van der Waals surface area contributed by atoms with Gasteiger partial charge in [-0.05, 0) is 48.4 Å². The third-order valence-corrected chi connectivity index (χ3v) is 5.91. The van der Waals surface area contributed by atoms with Gasteiger partial charge in [-0.15, -0.1) is 0 Å². The van der Waals surface area contributed by atoms with Crippen LogP contribution in [0, 0.1) is 0 Å². The number of hydrogen-bond donors (Lipinski definition) is 2. The van der Waals surface area contributed by atoms with E-state index in [1.165, 1.54) is 6.26 Å². The Bertz CT molecular complexity index is 1170. The minimum Gasteiger partial charge on any atom is -0.467 e. The van der Waals surface area contributed by atoms with E-state index >= 15 is 0 Å². The molecule has 32 heavy (non-hydrogen) atoms. The van der Waals surface area contributed by atoms with E-state index in [1.54, 1.807) is 48.5 Å². The van der Waals surface area contributed by atoms with Gasteiger partial charge in [0.2, 0.25) is 15.9 Å². The number of nitrogens with zero attached hydrogens (tertiary/aromatic N) is 1. The third-order valence-electron chi connectivity index (χ3n) is 4.77. The SMILES string of the molecule is CCc1ccc(N(CC(=O)Nc2ccccc2C(=O)NCc2ccco2)S(C)(=O)=O)cc1. The van der Waals surface area contributed by atoms with Gasteiger partial charge >= 0.3 is 0 Å². The second-order valence-corrected chi connectivity index (χ2v) is 9.05. The fraction of sp³-hybridized carbons (Fsp3) is 0.217. The van der Waals surface area contributed by atoms with Crippen LogP contribution in [0.3, 0.4) is 0 Å². The van der Waals surface area contributed by atoms with Crippen molar-refractivity contribution in [3.63, 3.8) is 0 Å². The van der Waals surface area contributed by atoms with Crippen molar-refractivity contribution in [1.29, 1.82) is 0 Å². The van der Waals surface area contributed by atoms with Gasteiger partial charge in [-0.25, -0.2) is 8.42 Å². The van der Waals surface area contributed by atoms with Crippen LogP contribution in [-0.4, -0.2) is 33.0 Å². The minimum absolute atomic E-state index is 0.198. The van der Waals surface area contributed by atoms with Crippen LogP contribution in [0.5, 0.6) is 0 Å². The number of amides is 2. The largest absolute Gasteiger partial charge is 0.467 e. The summed E-state index contributed by atoms with van der Waals surface area (Å²) in [6, 6.07) is 17.0. The number of hydrogen-bond acceptors (Lipinski definition) is 5. The number of anilines is 2. The lowest BCUT2D eigenvalue weighted by atomic mass is 10.1. The molecule has 0 fully saturated rings. The summed E-state index contributed by atoms with van der Waals surface area (Å²) in [6.45, 7) is 1.77. The lowest BCUT2D eigenvalue weighted by Crippen LogP contribution is -2.37. The van der Waals surface area contributed by atoms with E-state index in [0.717, 1.165) is 22.5 Å². The standard InChI is InChI=1S/C23H25N3O5S/c1-3-17-10-12-18(13-11-17)26(32(2,29)30)16-22(27)25-21-9-5-4-8-20(21)23(28)24-15-19-7-6-14-31-19/h4-14H,3,15-16H2,1-2H3,(H,24,28)(H,25,27). The number of aryl methyl sites for hydroxylation is 1. The predicted octanol–water partition coefficient (Wildman–Crippen LogP) is 3.18. The van der Waals surface area contributed by atoms with Crippen molar-refractivity contribution in [3.8, 4) is 0 Å². The van der Waals surface area contributed by atoms with Gasteiger partial charge in [-0.3, -0.25) is 13.9 Å². The molecule has 2 amide bonds. The Morgan fingerprint density at radius 3 is 2.34 bits per heavy atom. The molecular weight excluding hydrogens is 430 g/mol. The summed E-state index contributed by atoms with van der Waals surface area (Å²) < 4.78 is 30.9. The summed E-state index contributed by atoms with van der Waals surface area (Å²) in [5.41, 5.74) is 1.99. The fourth-order valence-electron chi connectivity index (χ4n) is 3.08. The van der Waals surface area contributed by atoms with Crippen LogP contribution in [0.15, 0.2) is 71.3 Å². The number of carbonyl (C=O) groups is 2. The second kappa shape index (κ2) is 10.1. The maximum absolute atomic E-state index is 12.7. The number of carbonyl (C=O) groups excluding carboxylic acids is 2. The molecule has 0 radical (unpaired) electrons. The van der Waals surface area contributed by atoms with Gasteiger partial charge in [0.25, 0.3) is 5.91 Å². The summed E-state index contributed by atoms with van der Waals surface area (Å²) in [7, 11) is -3.70. The van der Waals surface area contributed by atoms with E-state index in [1.807, 2.05) is 19.1 Å². The van der Waals surface area contributed by atoms with Crippen molar-refractivity contribution in [3.05, 3.63) is 83.8 Å². The molecule has 3 aromatic rings. The summed E-state index contributed by atoms with van der Waals surface area (Å²) >= 11 is 0. The maximum atomic E-state index is 12.7. The van der Waals surface area contributed by atoms with Crippen molar-refractivity contribution in [2.24, 2.45) is 0 Å². The quantitative estimate of drug-likeness (QED) is 0.515. The van der Waals surface area contributed by atoms with Crippen LogP contribution in [0.2, 0.25) is 0 Å². The second-order valence-electron chi connectivity index (χ2n) is 7.15. The molecule has 0 atom stereocenters. The first kappa shape index (κ1) is 23.1. The van der Waals surface area contributed by atoms with Crippen molar-refractivity contribution >= 4 is 33.2 Å². The first-order valence-electron chi connectivity index (χ1n) is 10.0. The Labute approximate surface area is 187 Å². The Morgan fingerprint density at radius 1 is 1.00 bits per heavy atom. The molecule has 2 aromatic carbocycles. The molecule has 0 aliphatic rings. The minimum atomic E-state index is -3.70. The van der Waals surface area contributed by atoms with Gasteiger partial charge in [-0.1, -0.05) is 31.2 Å². The highest BCUT2D eigenvalue weighted by Gasteiger charge is 2.22. The number of sulfonamides is 1. The zero-order chi connectivity index (χ0) is 23.1. The topological polar surface area (TPSA) is 109 Å². The molecule has 0 spiro atoms. The molecule has 0 saturated heterocycles. The summed E-state index contributed by atoms with van der Waals surface area (Å²) in [5.74, 6) is -0.369. The normalized spacial score (nSPS) is 11.1. The molecule has 0 bridgehead atoms. The molecule has 168 valence electrons. The summed E-state index contributed by atoms with van der Waals surface area (Å²) in [6.07, 6.45) is 3.38.